The molecule has 0 saturated carbocycles. The molecule has 167 valence electrons. The van der Waals surface area contributed by atoms with Gasteiger partial charge >= 0.3 is 0 Å². The van der Waals surface area contributed by atoms with Gasteiger partial charge < -0.3 is 9.97 Å². The second-order valence-corrected chi connectivity index (χ2v) is 7.01. The molecule has 0 spiro atoms. The zero-order valence-corrected chi connectivity index (χ0v) is 19.8. The van der Waals surface area contributed by atoms with Gasteiger partial charge in [0, 0.05) is 50.0 Å². The van der Waals surface area contributed by atoms with Gasteiger partial charge in [-0.2, -0.15) is 0 Å². The summed E-state index contributed by atoms with van der Waals surface area (Å²) < 4.78 is 39.1. The minimum atomic E-state index is -0.649. The number of fused-ring (bicyclic) bond motifs is 1. The zero-order chi connectivity index (χ0) is 22.5. The van der Waals surface area contributed by atoms with Crippen molar-refractivity contribution in [2.45, 2.75) is 6.92 Å². The van der Waals surface area contributed by atoms with Gasteiger partial charge in [0.15, 0.2) is 0 Å². The number of pyridine rings is 2. The molecule has 0 bridgehead atoms. The van der Waals surface area contributed by atoms with Crippen molar-refractivity contribution in [1.82, 2.24) is 9.97 Å². The molecule has 0 unspecified atom stereocenters. The summed E-state index contributed by atoms with van der Waals surface area (Å²) in [6, 6.07) is 25.6. The van der Waals surface area contributed by atoms with E-state index in [1.165, 1.54) is 6.07 Å². The number of hydrogen-bond donors (Lipinski definition) is 0. The van der Waals surface area contributed by atoms with Crippen LogP contribution in [0.5, 0.6) is 0 Å². The maximum Gasteiger partial charge on any atom is 0.0408 e. The number of aromatic nitrogens is 2. The molecule has 2 nitrogen and oxygen atoms in total. The minimum Gasteiger partial charge on any atom is -0.305 e. The molecule has 0 N–H and O–H groups in total. The number of benzene rings is 3. The van der Waals surface area contributed by atoms with Crippen LogP contribution in [0.4, 0.5) is 13.2 Å². The molecule has 0 saturated heterocycles. The molecule has 2 heterocycles. The van der Waals surface area contributed by atoms with Gasteiger partial charge in [0.1, 0.15) is 0 Å². The number of nitrogens with zero attached hydrogens (tertiary/aromatic N) is 2. The second-order valence-electron chi connectivity index (χ2n) is 7.01. The summed E-state index contributed by atoms with van der Waals surface area (Å²) in [5.74, 6) is -1.52. The van der Waals surface area contributed by atoms with Gasteiger partial charge in [-0.25, -0.2) is 0 Å². The third-order valence-electron chi connectivity index (χ3n) is 4.80. The van der Waals surface area contributed by atoms with E-state index in [1.54, 1.807) is 43.6 Å². The number of rotatable bonds is 2. The van der Waals surface area contributed by atoms with E-state index in [0.29, 0.717) is 11.3 Å². The fourth-order valence-corrected chi connectivity index (χ4v) is 3.20. The summed E-state index contributed by atoms with van der Waals surface area (Å²) in [7, 11) is 0. The molecule has 6 heteroatoms. The van der Waals surface area contributed by atoms with Gasteiger partial charge in [-0.05, 0) is 34.3 Å². The van der Waals surface area contributed by atoms with Crippen LogP contribution < -0.4 is 0 Å². The summed E-state index contributed by atoms with van der Waals surface area (Å²) in [6.45, 7) is 1.75. The topological polar surface area (TPSA) is 25.8 Å². The van der Waals surface area contributed by atoms with E-state index in [1.807, 2.05) is 30.3 Å². The molecule has 5 rings (SSSR count). The zero-order valence-electron chi connectivity index (χ0n) is 17.4. The van der Waals surface area contributed by atoms with Gasteiger partial charge in [-0.3, -0.25) is 13.2 Å². The molecule has 3 aromatic carbocycles. The van der Waals surface area contributed by atoms with Crippen molar-refractivity contribution in [2.75, 3.05) is 0 Å². The van der Waals surface area contributed by atoms with E-state index in [2.05, 4.69) is 22.1 Å². The molecule has 0 fully saturated rings. The average Bonchev–Trinajstić information content (AvgIpc) is 2.81. The van der Waals surface area contributed by atoms with Crippen molar-refractivity contribution in [3.8, 4) is 22.5 Å². The van der Waals surface area contributed by atoms with E-state index >= 15 is 0 Å². The molecule has 0 aliphatic carbocycles. The third-order valence-corrected chi connectivity index (χ3v) is 4.80. The first-order valence-electron chi connectivity index (χ1n) is 9.83. The Morgan fingerprint density at radius 2 is 1.55 bits per heavy atom. The van der Waals surface area contributed by atoms with E-state index < -0.39 is 11.6 Å². The Morgan fingerprint density at radius 1 is 0.758 bits per heavy atom. The minimum absolute atomic E-state index is 0. The first kappa shape index (κ1) is 24.3. The van der Waals surface area contributed by atoms with Crippen LogP contribution in [0.1, 0.15) is 5.56 Å². The van der Waals surface area contributed by atoms with E-state index in [9.17, 15) is 13.2 Å². The van der Waals surface area contributed by atoms with Crippen LogP contribution in [-0.2, 0) is 20.1 Å². The molecule has 0 aliphatic heterocycles. The molecule has 2 aromatic heterocycles. The van der Waals surface area contributed by atoms with Crippen molar-refractivity contribution in [2.24, 2.45) is 0 Å². The third kappa shape index (κ3) is 5.72. The molecule has 1 radical (unpaired) electrons. The van der Waals surface area contributed by atoms with E-state index in [0.717, 1.165) is 34.2 Å². The summed E-state index contributed by atoms with van der Waals surface area (Å²) in [4.78, 5) is 8.34. The molecular formula is C27H17F3IrN2-2. The van der Waals surface area contributed by atoms with Crippen LogP contribution in [0.2, 0.25) is 0 Å². The van der Waals surface area contributed by atoms with Crippen LogP contribution >= 0.6 is 0 Å². The predicted molar refractivity (Wildman–Crippen MR) is 119 cm³/mol. The van der Waals surface area contributed by atoms with Crippen LogP contribution in [0.15, 0.2) is 85.2 Å². The quantitative estimate of drug-likeness (QED) is 0.200. The summed E-state index contributed by atoms with van der Waals surface area (Å²) in [6.07, 6.45) is 3.32. The molecule has 33 heavy (non-hydrogen) atoms. The van der Waals surface area contributed by atoms with Gasteiger partial charge in [-0.15, -0.1) is 35.9 Å². The van der Waals surface area contributed by atoms with Crippen LogP contribution in [0.3, 0.4) is 0 Å². The molecule has 5 aromatic rings. The fraction of sp³-hybridized carbons (Fsp3) is 0.0370. The normalized spacial score (nSPS) is 10.2. The Labute approximate surface area is 203 Å². The fourth-order valence-electron chi connectivity index (χ4n) is 3.20. The largest absolute Gasteiger partial charge is 0.305 e. The Balaban J connectivity index is 0.000000186. The van der Waals surface area contributed by atoms with Crippen LogP contribution in [0, 0.1) is 36.5 Å². The van der Waals surface area contributed by atoms with Crippen molar-refractivity contribution in [1.29, 1.82) is 0 Å². The van der Waals surface area contributed by atoms with Crippen molar-refractivity contribution in [3.63, 3.8) is 0 Å². The van der Waals surface area contributed by atoms with Gasteiger partial charge in [0.25, 0.3) is 0 Å². The van der Waals surface area contributed by atoms with Crippen molar-refractivity contribution < 1.29 is 33.3 Å². The van der Waals surface area contributed by atoms with Gasteiger partial charge in [0.2, 0.25) is 0 Å². The number of hydrogen-bond acceptors (Lipinski definition) is 2. The second kappa shape index (κ2) is 11.0. The monoisotopic (exact) mass is 619 g/mol. The summed E-state index contributed by atoms with van der Waals surface area (Å²) in [5.41, 5.74) is 2.91. The summed E-state index contributed by atoms with van der Waals surface area (Å²) >= 11 is 0. The number of aryl methyl sites for hydroxylation is 1. The van der Waals surface area contributed by atoms with Crippen molar-refractivity contribution >= 4 is 10.8 Å². The number of halogens is 3. The Morgan fingerprint density at radius 3 is 2.27 bits per heavy atom. The molecule has 0 amide bonds. The van der Waals surface area contributed by atoms with Crippen LogP contribution in [0.25, 0.3) is 33.3 Å². The maximum atomic E-state index is 13.3. The Kier molecular flexibility index (Phi) is 8.10. The average molecular weight is 619 g/mol. The first-order chi connectivity index (χ1) is 15.5. The molecule has 0 aliphatic rings. The smallest absolute Gasteiger partial charge is 0.0408 e. The standard InChI is InChI=1S/C16H11FN.C11H6F2N.Ir/c1-11-10-13(6-7-15(11)17)16-14-5-3-2-4-12(14)8-9-18-16;12-8-4-5-9(10(13)7-8)11-3-1-2-6-14-11;/h2-5,7-10H,1H3;1-4,6-7H;/q2*-1;. The SMILES string of the molecule is Cc1cc(-c2nccc3ccccc23)[c-]cc1F.Fc1c[c-]c(-c2ccccn2)c(F)c1.[Ir]. The predicted octanol–water partition coefficient (Wildman–Crippen LogP) is 6.97. The van der Waals surface area contributed by atoms with Gasteiger partial charge in [-0.1, -0.05) is 60.5 Å². The van der Waals surface area contributed by atoms with E-state index in [4.69, 9.17) is 0 Å². The summed E-state index contributed by atoms with van der Waals surface area (Å²) in [5, 5.41) is 2.18. The van der Waals surface area contributed by atoms with Crippen molar-refractivity contribution in [3.05, 3.63) is 120 Å². The van der Waals surface area contributed by atoms with Gasteiger partial charge in [0.05, 0.1) is 0 Å². The van der Waals surface area contributed by atoms with Crippen LogP contribution in [-0.4, -0.2) is 9.97 Å². The Bertz CT molecular complexity index is 1370. The van der Waals surface area contributed by atoms with E-state index in [-0.39, 0.29) is 31.5 Å². The molecule has 0 atom stereocenters. The first-order valence-corrected chi connectivity index (χ1v) is 9.83. The molecular weight excluding hydrogens is 602 g/mol. The maximum absolute atomic E-state index is 13.3. The Hall–Kier alpha value is -3.34.